The molecule has 0 saturated heterocycles. The molecule has 2 rings (SSSR count). The molecule has 2 heterocycles. The summed E-state index contributed by atoms with van der Waals surface area (Å²) in [7, 11) is 1.33. The first-order chi connectivity index (χ1) is 10.8. The van der Waals surface area contributed by atoms with Crippen LogP contribution in [-0.4, -0.2) is 47.7 Å². The molecule has 0 aromatic carbocycles. The lowest BCUT2D eigenvalue weighted by Crippen LogP contribution is -2.39. The van der Waals surface area contributed by atoms with Crippen molar-refractivity contribution in [2.24, 2.45) is 0 Å². The van der Waals surface area contributed by atoms with Crippen molar-refractivity contribution in [3.8, 4) is 0 Å². The van der Waals surface area contributed by atoms with Crippen molar-refractivity contribution < 1.29 is 19.1 Å². The Bertz CT molecular complexity index is 632. The zero-order chi connectivity index (χ0) is 17.0. The van der Waals surface area contributed by atoms with Gasteiger partial charge in [-0.1, -0.05) is 12.1 Å². The molecule has 0 unspecified atom stereocenters. The van der Waals surface area contributed by atoms with Crippen LogP contribution < -0.4 is 0 Å². The Hall–Kier alpha value is -2.37. The van der Waals surface area contributed by atoms with Crippen molar-refractivity contribution in [3.05, 3.63) is 35.7 Å². The number of ether oxygens (including phenoxy) is 2. The van der Waals surface area contributed by atoms with Crippen molar-refractivity contribution in [1.82, 2.24) is 9.88 Å². The number of nitrogens with zero attached hydrogens (tertiary/aromatic N) is 2. The van der Waals surface area contributed by atoms with Crippen LogP contribution >= 0.6 is 0 Å². The predicted octanol–water partition coefficient (Wildman–Crippen LogP) is 2.89. The van der Waals surface area contributed by atoms with Gasteiger partial charge in [0.25, 0.3) is 0 Å². The molecule has 6 heteroatoms. The van der Waals surface area contributed by atoms with Gasteiger partial charge < -0.3 is 14.4 Å². The predicted molar refractivity (Wildman–Crippen MR) is 86.0 cm³/mol. The minimum absolute atomic E-state index is 0.298. The van der Waals surface area contributed by atoms with Crippen LogP contribution in [0.1, 0.15) is 43.2 Å². The number of pyridine rings is 1. The third-order valence-corrected chi connectivity index (χ3v) is 3.39. The fourth-order valence-electron chi connectivity index (χ4n) is 2.33. The van der Waals surface area contributed by atoms with Gasteiger partial charge in [-0.15, -0.1) is 0 Å². The van der Waals surface area contributed by atoms with E-state index in [0.717, 1.165) is 11.1 Å². The molecule has 6 nitrogen and oxygen atoms in total. The molecule has 1 amide bonds. The van der Waals surface area contributed by atoms with Crippen LogP contribution in [0.5, 0.6) is 0 Å². The maximum atomic E-state index is 12.1. The first-order valence-corrected chi connectivity index (χ1v) is 7.52. The summed E-state index contributed by atoms with van der Waals surface area (Å²) in [4.78, 5) is 29.6. The quantitative estimate of drug-likeness (QED) is 0.784. The molecule has 0 radical (unpaired) electrons. The minimum Gasteiger partial charge on any atom is -0.464 e. The molecule has 1 aliphatic rings. The topological polar surface area (TPSA) is 68.7 Å². The Morgan fingerprint density at radius 2 is 2.04 bits per heavy atom. The number of amides is 1. The largest absolute Gasteiger partial charge is 0.464 e. The first-order valence-electron chi connectivity index (χ1n) is 7.52. The number of hydrogen-bond acceptors (Lipinski definition) is 5. The highest BCUT2D eigenvalue weighted by molar-refractivity contribution is 5.93. The van der Waals surface area contributed by atoms with Gasteiger partial charge in [-0.25, -0.2) is 14.6 Å². The van der Waals surface area contributed by atoms with Crippen LogP contribution in [0.15, 0.2) is 24.4 Å². The van der Waals surface area contributed by atoms with Crippen LogP contribution in [-0.2, 0) is 9.47 Å². The van der Waals surface area contributed by atoms with E-state index in [1.807, 2.05) is 32.9 Å². The van der Waals surface area contributed by atoms with Gasteiger partial charge in [0.1, 0.15) is 5.60 Å². The second-order valence-corrected chi connectivity index (χ2v) is 6.30. The monoisotopic (exact) mass is 318 g/mol. The molecule has 1 aromatic heterocycles. The number of carbonyl (C=O) groups is 2. The van der Waals surface area contributed by atoms with Gasteiger partial charge in [0, 0.05) is 24.8 Å². The Kier molecular flexibility index (Phi) is 5.03. The van der Waals surface area contributed by atoms with Gasteiger partial charge in [0.2, 0.25) is 0 Å². The SMILES string of the molecule is COC(=O)c1ncccc1C1=CCN(C(=O)OC(C)(C)C)CC1. The zero-order valence-corrected chi connectivity index (χ0v) is 14.0. The molecule has 0 bridgehead atoms. The van der Waals surface area contributed by atoms with Gasteiger partial charge in [0.15, 0.2) is 5.69 Å². The minimum atomic E-state index is -0.511. The maximum absolute atomic E-state index is 12.1. The second kappa shape index (κ2) is 6.81. The molecule has 1 aliphatic heterocycles. The fraction of sp³-hybridized carbons (Fsp3) is 0.471. The van der Waals surface area contributed by atoms with Crippen LogP contribution in [0.4, 0.5) is 4.79 Å². The zero-order valence-electron chi connectivity index (χ0n) is 14.0. The first kappa shape index (κ1) is 17.0. The normalized spacial score (nSPS) is 15.0. The molecule has 0 spiro atoms. The van der Waals surface area contributed by atoms with E-state index in [-0.39, 0.29) is 6.09 Å². The van der Waals surface area contributed by atoms with E-state index in [2.05, 4.69) is 4.98 Å². The average Bonchev–Trinajstić information content (AvgIpc) is 2.52. The van der Waals surface area contributed by atoms with Crippen molar-refractivity contribution in [2.45, 2.75) is 32.8 Å². The maximum Gasteiger partial charge on any atom is 0.410 e. The third kappa shape index (κ3) is 4.31. The molecule has 0 N–H and O–H groups in total. The van der Waals surface area contributed by atoms with Gasteiger partial charge >= 0.3 is 12.1 Å². The molecule has 0 aliphatic carbocycles. The summed E-state index contributed by atoms with van der Waals surface area (Å²) in [5, 5.41) is 0. The lowest BCUT2D eigenvalue weighted by molar-refractivity contribution is 0.0270. The van der Waals surface area contributed by atoms with Crippen molar-refractivity contribution in [3.63, 3.8) is 0 Å². The summed E-state index contributed by atoms with van der Waals surface area (Å²) < 4.78 is 10.1. The number of carbonyl (C=O) groups excluding carboxylic acids is 2. The molecule has 1 aromatic rings. The summed E-state index contributed by atoms with van der Waals surface area (Å²) >= 11 is 0. The number of hydrogen-bond donors (Lipinski definition) is 0. The third-order valence-electron chi connectivity index (χ3n) is 3.39. The van der Waals surface area contributed by atoms with Gasteiger partial charge in [-0.3, -0.25) is 0 Å². The summed E-state index contributed by atoms with van der Waals surface area (Å²) in [6, 6.07) is 3.62. The molecule has 23 heavy (non-hydrogen) atoms. The smallest absolute Gasteiger partial charge is 0.410 e. The van der Waals surface area contributed by atoms with E-state index in [0.29, 0.717) is 25.2 Å². The van der Waals surface area contributed by atoms with Gasteiger partial charge in [-0.2, -0.15) is 0 Å². The number of aromatic nitrogens is 1. The highest BCUT2D eigenvalue weighted by Crippen LogP contribution is 2.25. The number of methoxy groups -OCH3 is 1. The lowest BCUT2D eigenvalue weighted by atomic mass is 9.98. The molecule has 124 valence electrons. The second-order valence-electron chi connectivity index (χ2n) is 6.30. The van der Waals surface area contributed by atoms with E-state index < -0.39 is 11.6 Å². The van der Waals surface area contributed by atoms with Crippen molar-refractivity contribution >= 4 is 17.6 Å². The lowest BCUT2D eigenvalue weighted by Gasteiger charge is -2.29. The van der Waals surface area contributed by atoms with Crippen LogP contribution in [0.2, 0.25) is 0 Å². The molecular formula is C17H22N2O4. The standard InChI is InChI=1S/C17H22N2O4/c1-17(2,3)23-16(21)19-10-7-12(8-11-19)13-6-5-9-18-14(13)15(20)22-4/h5-7,9H,8,10-11H2,1-4H3. The highest BCUT2D eigenvalue weighted by atomic mass is 16.6. The average molecular weight is 318 g/mol. The van der Waals surface area contributed by atoms with Crippen LogP contribution in [0.3, 0.4) is 0 Å². The number of esters is 1. The molecule has 0 fully saturated rings. The highest BCUT2D eigenvalue weighted by Gasteiger charge is 2.25. The Balaban J connectivity index is 2.14. The Morgan fingerprint density at radius 1 is 1.30 bits per heavy atom. The molecule has 0 saturated carbocycles. The summed E-state index contributed by atoms with van der Waals surface area (Å²) in [5.41, 5.74) is 1.52. The van der Waals surface area contributed by atoms with E-state index in [1.165, 1.54) is 7.11 Å². The van der Waals surface area contributed by atoms with E-state index in [9.17, 15) is 9.59 Å². The molecular weight excluding hydrogens is 296 g/mol. The van der Waals surface area contributed by atoms with Crippen LogP contribution in [0, 0.1) is 0 Å². The van der Waals surface area contributed by atoms with Gasteiger partial charge in [-0.05, 0) is 38.8 Å². The van der Waals surface area contributed by atoms with E-state index in [1.54, 1.807) is 17.2 Å². The number of rotatable bonds is 2. The summed E-state index contributed by atoms with van der Waals surface area (Å²) in [6.45, 7) is 6.51. The molecule has 0 atom stereocenters. The van der Waals surface area contributed by atoms with Crippen LogP contribution in [0.25, 0.3) is 5.57 Å². The van der Waals surface area contributed by atoms with Crippen molar-refractivity contribution in [2.75, 3.05) is 20.2 Å². The van der Waals surface area contributed by atoms with Gasteiger partial charge in [0.05, 0.1) is 7.11 Å². The van der Waals surface area contributed by atoms with Crippen molar-refractivity contribution in [1.29, 1.82) is 0 Å². The fourth-order valence-corrected chi connectivity index (χ4v) is 2.33. The summed E-state index contributed by atoms with van der Waals surface area (Å²) in [5.74, 6) is -0.462. The van der Waals surface area contributed by atoms with E-state index in [4.69, 9.17) is 9.47 Å². The van der Waals surface area contributed by atoms with E-state index >= 15 is 0 Å². The summed E-state index contributed by atoms with van der Waals surface area (Å²) in [6.07, 6.45) is 3.80. The Labute approximate surface area is 136 Å². The Morgan fingerprint density at radius 3 is 2.61 bits per heavy atom.